The third-order valence-corrected chi connectivity index (χ3v) is 4.12. The van der Waals surface area contributed by atoms with Crippen molar-refractivity contribution in [2.75, 3.05) is 5.75 Å². The molecule has 0 saturated carbocycles. The van der Waals surface area contributed by atoms with E-state index in [1.807, 2.05) is 24.3 Å². The van der Waals surface area contributed by atoms with Gasteiger partial charge in [0.2, 0.25) is 0 Å². The SMILES string of the molecule is CCSc1c2c(c(O)c3ccccc13)C(=O)OC2. The molecule has 1 heterocycles. The van der Waals surface area contributed by atoms with E-state index in [0.717, 1.165) is 21.6 Å². The van der Waals surface area contributed by atoms with Crippen LogP contribution >= 0.6 is 11.8 Å². The number of aromatic hydroxyl groups is 1. The Kier molecular flexibility index (Phi) is 2.67. The Morgan fingerprint density at radius 1 is 1.33 bits per heavy atom. The zero-order valence-electron chi connectivity index (χ0n) is 9.90. The minimum Gasteiger partial charge on any atom is -0.506 e. The number of phenols is 1. The van der Waals surface area contributed by atoms with Crippen LogP contribution in [-0.4, -0.2) is 16.8 Å². The first-order chi connectivity index (χ1) is 8.74. The second kappa shape index (κ2) is 4.21. The molecule has 3 nitrogen and oxygen atoms in total. The van der Waals surface area contributed by atoms with E-state index in [9.17, 15) is 9.90 Å². The van der Waals surface area contributed by atoms with Gasteiger partial charge in [-0.25, -0.2) is 4.79 Å². The van der Waals surface area contributed by atoms with E-state index in [-0.39, 0.29) is 12.4 Å². The fourth-order valence-corrected chi connectivity index (χ4v) is 3.28. The molecule has 0 aliphatic carbocycles. The first kappa shape index (κ1) is 11.4. The molecule has 1 N–H and O–H groups in total. The van der Waals surface area contributed by atoms with E-state index in [4.69, 9.17) is 4.74 Å². The lowest BCUT2D eigenvalue weighted by Gasteiger charge is -2.11. The van der Waals surface area contributed by atoms with Crippen LogP contribution in [-0.2, 0) is 11.3 Å². The molecule has 3 rings (SSSR count). The fourth-order valence-electron chi connectivity index (χ4n) is 2.32. The summed E-state index contributed by atoms with van der Waals surface area (Å²) in [7, 11) is 0. The van der Waals surface area contributed by atoms with Gasteiger partial charge in [0.1, 0.15) is 17.9 Å². The highest BCUT2D eigenvalue weighted by molar-refractivity contribution is 7.99. The normalized spacial score (nSPS) is 13.7. The fraction of sp³-hybridized carbons (Fsp3) is 0.214. The van der Waals surface area contributed by atoms with E-state index in [0.29, 0.717) is 10.9 Å². The van der Waals surface area contributed by atoms with Crippen molar-refractivity contribution in [3.63, 3.8) is 0 Å². The number of hydrogen-bond acceptors (Lipinski definition) is 4. The highest BCUT2D eigenvalue weighted by Gasteiger charge is 2.30. The standard InChI is InChI=1S/C14H12O3S/c1-2-18-13-9-6-4-3-5-8(9)12(15)11-10(13)7-17-14(11)16/h3-6,15H,2,7H2,1H3. The Labute approximate surface area is 109 Å². The van der Waals surface area contributed by atoms with Gasteiger partial charge in [-0.05, 0) is 11.1 Å². The van der Waals surface area contributed by atoms with Gasteiger partial charge in [-0.15, -0.1) is 11.8 Å². The summed E-state index contributed by atoms with van der Waals surface area (Å²) in [5, 5.41) is 11.9. The number of phenolic OH excluding ortho intramolecular Hbond substituents is 1. The van der Waals surface area contributed by atoms with Crippen molar-refractivity contribution in [1.29, 1.82) is 0 Å². The highest BCUT2D eigenvalue weighted by atomic mass is 32.2. The van der Waals surface area contributed by atoms with E-state index in [1.54, 1.807) is 11.8 Å². The lowest BCUT2D eigenvalue weighted by atomic mass is 10.0. The molecule has 0 saturated heterocycles. The molecule has 0 aromatic heterocycles. The summed E-state index contributed by atoms with van der Waals surface area (Å²) in [4.78, 5) is 12.7. The van der Waals surface area contributed by atoms with Crippen molar-refractivity contribution in [3.05, 3.63) is 35.4 Å². The minimum absolute atomic E-state index is 0.0450. The molecule has 1 aliphatic rings. The Morgan fingerprint density at radius 3 is 2.78 bits per heavy atom. The third-order valence-electron chi connectivity index (χ3n) is 3.08. The predicted molar refractivity (Wildman–Crippen MR) is 71.1 cm³/mol. The Bertz CT molecular complexity index is 649. The second-order valence-electron chi connectivity index (χ2n) is 4.09. The van der Waals surface area contributed by atoms with Gasteiger partial charge in [0.25, 0.3) is 0 Å². The van der Waals surface area contributed by atoms with Gasteiger partial charge in [-0.3, -0.25) is 0 Å². The van der Waals surface area contributed by atoms with E-state index in [1.165, 1.54) is 0 Å². The van der Waals surface area contributed by atoms with Crippen LogP contribution in [0.3, 0.4) is 0 Å². The Morgan fingerprint density at radius 2 is 2.06 bits per heavy atom. The zero-order valence-corrected chi connectivity index (χ0v) is 10.7. The molecule has 2 aromatic carbocycles. The molecule has 18 heavy (non-hydrogen) atoms. The van der Waals surface area contributed by atoms with Crippen LogP contribution in [0, 0.1) is 0 Å². The summed E-state index contributed by atoms with van der Waals surface area (Å²) < 4.78 is 5.05. The molecular formula is C14H12O3S. The summed E-state index contributed by atoms with van der Waals surface area (Å²) in [6, 6.07) is 7.59. The molecule has 92 valence electrons. The number of esters is 1. The number of carbonyl (C=O) groups is 1. The lowest BCUT2D eigenvalue weighted by Crippen LogP contribution is -1.96. The van der Waals surface area contributed by atoms with Gasteiger partial charge in [-0.2, -0.15) is 0 Å². The summed E-state index contributed by atoms with van der Waals surface area (Å²) >= 11 is 1.68. The van der Waals surface area contributed by atoms with Crippen molar-refractivity contribution < 1.29 is 14.6 Å². The van der Waals surface area contributed by atoms with Gasteiger partial charge in [0.15, 0.2) is 0 Å². The molecule has 0 fully saturated rings. The molecular weight excluding hydrogens is 248 g/mol. The Hall–Kier alpha value is -1.68. The number of thioether (sulfide) groups is 1. The number of rotatable bonds is 2. The largest absolute Gasteiger partial charge is 0.506 e. The van der Waals surface area contributed by atoms with Crippen molar-refractivity contribution in [2.24, 2.45) is 0 Å². The van der Waals surface area contributed by atoms with Crippen LogP contribution in [0.5, 0.6) is 5.75 Å². The molecule has 1 aliphatic heterocycles. The molecule has 0 spiro atoms. The van der Waals surface area contributed by atoms with Crippen LogP contribution < -0.4 is 0 Å². The summed E-state index contributed by atoms with van der Waals surface area (Å²) in [5.41, 5.74) is 1.16. The topological polar surface area (TPSA) is 46.5 Å². The summed E-state index contributed by atoms with van der Waals surface area (Å²) in [6.45, 7) is 2.32. The number of carbonyl (C=O) groups excluding carboxylic acids is 1. The maximum Gasteiger partial charge on any atom is 0.342 e. The summed E-state index contributed by atoms with van der Waals surface area (Å²) in [6.07, 6.45) is 0. The van der Waals surface area contributed by atoms with E-state index >= 15 is 0 Å². The zero-order chi connectivity index (χ0) is 12.7. The molecule has 4 heteroatoms. The highest BCUT2D eigenvalue weighted by Crippen LogP contribution is 2.43. The van der Waals surface area contributed by atoms with Gasteiger partial charge < -0.3 is 9.84 Å². The van der Waals surface area contributed by atoms with Crippen LogP contribution in [0.4, 0.5) is 0 Å². The first-order valence-corrected chi connectivity index (χ1v) is 6.79. The maximum atomic E-state index is 11.7. The number of ether oxygens (including phenoxy) is 1. The van der Waals surface area contributed by atoms with E-state index in [2.05, 4.69) is 6.92 Å². The van der Waals surface area contributed by atoms with Crippen molar-refractivity contribution in [2.45, 2.75) is 18.4 Å². The van der Waals surface area contributed by atoms with Crippen LogP contribution in [0.25, 0.3) is 10.8 Å². The molecule has 0 radical (unpaired) electrons. The number of cyclic esters (lactones) is 1. The molecule has 0 unspecified atom stereocenters. The lowest BCUT2D eigenvalue weighted by molar-refractivity contribution is 0.0532. The first-order valence-electron chi connectivity index (χ1n) is 5.80. The number of hydrogen-bond donors (Lipinski definition) is 1. The van der Waals surface area contributed by atoms with Crippen molar-refractivity contribution >= 4 is 28.5 Å². The van der Waals surface area contributed by atoms with Gasteiger partial charge >= 0.3 is 5.97 Å². The quantitative estimate of drug-likeness (QED) is 0.664. The van der Waals surface area contributed by atoms with Crippen LogP contribution in [0.15, 0.2) is 29.2 Å². The Balaban J connectivity index is 2.43. The molecule has 0 amide bonds. The molecule has 0 atom stereocenters. The van der Waals surface area contributed by atoms with Crippen LogP contribution in [0.2, 0.25) is 0 Å². The average Bonchev–Trinajstić information content (AvgIpc) is 2.77. The monoisotopic (exact) mass is 260 g/mol. The molecule has 0 bridgehead atoms. The minimum atomic E-state index is -0.425. The van der Waals surface area contributed by atoms with Gasteiger partial charge in [0, 0.05) is 15.8 Å². The second-order valence-corrected chi connectivity index (χ2v) is 5.36. The molecule has 2 aromatic rings. The average molecular weight is 260 g/mol. The van der Waals surface area contributed by atoms with Crippen molar-refractivity contribution in [1.82, 2.24) is 0 Å². The van der Waals surface area contributed by atoms with Crippen molar-refractivity contribution in [3.8, 4) is 5.75 Å². The maximum absolute atomic E-state index is 11.7. The number of fused-ring (bicyclic) bond motifs is 2. The number of benzene rings is 2. The van der Waals surface area contributed by atoms with E-state index < -0.39 is 5.97 Å². The summed E-state index contributed by atoms with van der Waals surface area (Å²) in [5.74, 6) is 0.532. The van der Waals surface area contributed by atoms with Crippen LogP contribution in [0.1, 0.15) is 22.8 Å². The third kappa shape index (κ3) is 1.49. The van der Waals surface area contributed by atoms with Gasteiger partial charge in [0.05, 0.1) is 0 Å². The van der Waals surface area contributed by atoms with Gasteiger partial charge in [-0.1, -0.05) is 31.2 Å². The predicted octanol–water partition coefficient (Wildman–Crippen LogP) is 3.33. The smallest absolute Gasteiger partial charge is 0.342 e.